The summed E-state index contributed by atoms with van der Waals surface area (Å²) in [5, 5.41) is 0. The van der Waals surface area contributed by atoms with E-state index in [-0.39, 0.29) is 6.04 Å². The molecule has 0 spiro atoms. The van der Waals surface area contributed by atoms with Crippen LogP contribution in [0.2, 0.25) is 0 Å². The van der Waals surface area contributed by atoms with Crippen molar-refractivity contribution in [2.75, 3.05) is 20.0 Å². The Hall–Kier alpha value is -0.870. The lowest BCUT2D eigenvalue weighted by atomic mass is 10.1. The average Bonchev–Trinajstić information content (AvgIpc) is 2.43. The third-order valence-electron chi connectivity index (χ3n) is 3.11. The summed E-state index contributed by atoms with van der Waals surface area (Å²) in [6.45, 7) is 4.22. The van der Waals surface area contributed by atoms with E-state index in [4.69, 9.17) is 15.2 Å². The number of rotatable bonds is 9. The fraction of sp³-hybridized carbons (Fsp3) is 0.625. The number of unbranched alkanes of at least 4 members (excludes halogenated alkanes) is 2. The van der Waals surface area contributed by atoms with Gasteiger partial charge in [-0.25, -0.2) is 0 Å². The van der Waals surface area contributed by atoms with E-state index < -0.39 is 0 Å². The van der Waals surface area contributed by atoms with Crippen molar-refractivity contribution in [3.8, 4) is 11.5 Å². The molecule has 2 N–H and O–H groups in total. The van der Waals surface area contributed by atoms with Crippen LogP contribution in [-0.4, -0.2) is 26.0 Å². The Kier molecular flexibility index (Phi) is 7.85. The molecule has 0 fully saturated rings. The van der Waals surface area contributed by atoms with E-state index in [9.17, 15) is 0 Å². The van der Waals surface area contributed by atoms with E-state index in [0.717, 1.165) is 34.1 Å². The van der Waals surface area contributed by atoms with Crippen LogP contribution in [0.15, 0.2) is 17.0 Å². The quantitative estimate of drug-likeness (QED) is 0.555. The van der Waals surface area contributed by atoms with E-state index in [1.165, 1.54) is 19.3 Å². The van der Waals surface area contributed by atoms with Gasteiger partial charge >= 0.3 is 0 Å². The Morgan fingerprint density at radius 1 is 1.15 bits per heavy atom. The van der Waals surface area contributed by atoms with Gasteiger partial charge in [-0.3, -0.25) is 0 Å². The minimum absolute atomic E-state index is 0.108. The van der Waals surface area contributed by atoms with Crippen molar-refractivity contribution in [2.24, 2.45) is 5.73 Å². The largest absolute Gasteiger partial charge is 0.496 e. The lowest BCUT2D eigenvalue weighted by Gasteiger charge is -2.15. The van der Waals surface area contributed by atoms with Crippen LogP contribution in [0.25, 0.3) is 0 Å². The smallest absolute Gasteiger partial charge is 0.132 e. The summed E-state index contributed by atoms with van der Waals surface area (Å²) >= 11 is 1.83. The Balaban J connectivity index is 2.88. The molecule has 0 aliphatic carbocycles. The highest BCUT2D eigenvalue weighted by Gasteiger charge is 2.12. The van der Waals surface area contributed by atoms with Gasteiger partial charge in [0, 0.05) is 6.04 Å². The Labute approximate surface area is 127 Å². The topological polar surface area (TPSA) is 44.5 Å². The monoisotopic (exact) mass is 297 g/mol. The Morgan fingerprint density at radius 3 is 2.40 bits per heavy atom. The molecular weight excluding hydrogens is 270 g/mol. The summed E-state index contributed by atoms with van der Waals surface area (Å²) in [6.07, 6.45) is 4.54. The zero-order valence-corrected chi connectivity index (χ0v) is 13.9. The molecule has 1 aromatic carbocycles. The SMILES string of the molecule is CCCCCSc1cc(OC)c(C[C@@H](C)N)cc1OC. The van der Waals surface area contributed by atoms with Crippen LogP contribution in [0.1, 0.15) is 38.7 Å². The number of thioether (sulfide) groups is 1. The van der Waals surface area contributed by atoms with E-state index in [2.05, 4.69) is 19.1 Å². The molecule has 0 heterocycles. The maximum absolute atomic E-state index is 5.89. The van der Waals surface area contributed by atoms with Crippen LogP contribution in [0.5, 0.6) is 11.5 Å². The van der Waals surface area contributed by atoms with Gasteiger partial charge in [0.25, 0.3) is 0 Å². The van der Waals surface area contributed by atoms with Gasteiger partial charge in [-0.15, -0.1) is 11.8 Å². The summed E-state index contributed by atoms with van der Waals surface area (Å²) in [7, 11) is 3.42. The normalized spacial score (nSPS) is 12.2. The summed E-state index contributed by atoms with van der Waals surface area (Å²) in [5.74, 6) is 2.93. The molecule has 0 amide bonds. The van der Waals surface area contributed by atoms with Gasteiger partial charge in [-0.1, -0.05) is 19.8 Å². The third kappa shape index (κ3) is 5.25. The zero-order chi connectivity index (χ0) is 15.0. The van der Waals surface area contributed by atoms with Crippen molar-refractivity contribution < 1.29 is 9.47 Å². The minimum Gasteiger partial charge on any atom is -0.496 e. The van der Waals surface area contributed by atoms with Crippen LogP contribution in [0, 0.1) is 0 Å². The van der Waals surface area contributed by atoms with Gasteiger partial charge < -0.3 is 15.2 Å². The lowest BCUT2D eigenvalue weighted by Crippen LogP contribution is -2.18. The summed E-state index contributed by atoms with van der Waals surface area (Å²) in [5.41, 5.74) is 7.00. The number of benzene rings is 1. The molecule has 0 radical (unpaired) electrons. The standard InChI is InChI=1S/C16H27NO2S/c1-5-6-7-8-20-16-11-14(18-3)13(9-12(2)17)10-15(16)19-4/h10-12H,5-9,17H2,1-4H3/t12-/m1/s1. The number of hydrogen-bond donors (Lipinski definition) is 1. The van der Waals surface area contributed by atoms with Crippen LogP contribution >= 0.6 is 11.8 Å². The molecular formula is C16H27NO2S. The van der Waals surface area contributed by atoms with Crippen molar-refractivity contribution in [1.82, 2.24) is 0 Å². The third-order valence-corrected chi connectivity index (χ3v) is 4.24. The molecule has 0 saturated heterocycles. The van der Waals surface area contributed by atoms with E-state index in [0.29, 0.717) is 0 Å². The first kappa shape index (κ1) is 17.2. The Morgan fingerprint density at radius 2 is 1.85 bits per heavy atom. The predicted octanol–water partition coefficient (Wildman–Crippen LogP) is 3.88. The van der Waals surface area contributed by atoms with Crippen molar-refractivity contribution in [3.05, 3.63) is 17.7 Å². The molecule has 1 aromatic rings. The van der Waals surface area contributed by atoms with Gasteiger partial charge in [0.05, 0.1) is 19.1 Å². The second kappa shape index (κ2) is 9.14. The van der Waals surface area contributed by atoms with Crippen molar-refractivity contribution >= 4 is 11.8 Å². The van der Waals surface area contributed by atoms with Gasteiger partial charge in [-0.05, 0) is 43.2 Å². The van der Waals surface area contributed by atoms with Gasteiger partial charge in [0.15, 0.2) is 0 Å². The number of hydrogen-bond acceptors (Lipinski definition) is 4. The van der Waals surface area contributed by atoms with Crippen LogP contribution < -0.4 is 15.2 Å². The molecule has 4 heteroatoms. The molecule has 0 saturated carbocycles. The molecule has 0 aliphatic rings. The molecule has 1 rings (SSSR count). The fourth-order valence-electron chi connectivity index (χ4n) is 2.09. The second-order valence-corrected chi connectivity index (χ2v) is 6.19. The maximum atomic E-state index is 5.89. The van der Waals surface area contributed by atoms with Gasteiger partial charge in [0.2, 0.25) is 0 Å². The molecule has 0 aliphatic heterocycles. The maximum Gasteiger partial charge on any atom is 0.132 e. The van der Waals surface area contributed by atoms with E-state index in [1.807, 2.05) is 18.7 Å². The number of nitrogens with two attached hydrogens (primary N) is 1. The summed E-state index contributed by atoms with van der Waals surface area (Å²) in [4.78, 5) is 1.15. The first-order chi connectivity index (χ1) is 9.62. The van der Waals surface area contributed by atoms with Crippen LogP contribution in [-0.2, 0) is 6.42 Å². The molecule has 3 nitrogen and oxygen atoms in total. The number of methoxy groups -OCH3 is 2. The molecule has 20 heavy (non-hydrogen) atoms. The lowest BCUT2D eigenvalue weighted by molar-refractivity contribution is 0.389. The van der Waals surface area contributed by atoms with Crippen LogP contribution in [0.4, 0.5) is 0 Å². The van der Waals surface area contributed by atoms with Crippen molar-refractivity contribution in [2.45, 2.75) is 50.5 Å². The molecule has 114 valence electrons. The summed E-state index contributed by atoms with van der Waals surface area (Å²) < 4.78 is 11.0. The Bertz CT molecular complexity index is 408. The minimum atomic E-state index is 0.108. The molecule has 0 aromatic heterocycles. The molecule has 1 atom stereocenters. The molecule has 0 bridgehead atoms. The fourth-order valence-corrected chi connectivity index (χ4v) is 3.13. The predicted molar refractivity (Wildman–Crippen MR) is 87.1 cm³/mol. The number of ether oxygens (including phenoxy) is 2. The van der Waals surface area contributed by atoms with Gasteiger partial charge in [-0.2, -0.15) is 0 Å². The average molecular weight is 297 g/mol. The highest BCUT2D eigenvalue weighted by molar-refractivity contribution is 7.99. The summed E-state index contributed by atoms with van der Waals surface area (Å²) in [6, 6.07) is 4.24. The van der Waals surface area contributed by atoms with Gasteiger partial charge in [0.1, 0.15) is 11.5 Å². The van der Waals surface area contributed by atoms with Crippen molar-refractivity contribution in [1.29, 1.82) is 0 Å². The highest BCUT2D eigenvalue weighted by Crippen LogP contribution is 2.36. The van der Waals surface area contributed by atoms with Crippen molar-refractivity contribution in [3.63, 3.8) is 0 Å². The van der Waals surface area contributed by atoms with E-state index >= 15 is 0 Å². The first-order valence-electron chi connectivity index (χ1n) is 7.25. The highest BCUT2D eigenvalue weighted by atomic mass is 32.2. The van der Waals surface area contributed by atoms with Crippen LogP contribution in [0.3, 0.4) is 0 Å². The first-order valence-corrected chi connectivity index (χ1v) is 8.24. The second-order valence-electron chi connectivity index (χ2n) is 5.05. The molecule has 0 unspecified atom stereocenters. The zero-order valence-electron chi connectivity index (χ0n) is 13.1. The van der Waals surface area contributed by atoms with E-state index in [1.54, 1.807) is 14.2 Å².